The van der Waals surface area contributed by atoms with Crippen LogP contribution in [-0.2, 0) is 0 Å². The van der Waals surface area contributed by atoms with Crippen molar-refractivity contribution in [2.75, 3.05) is 19.5 Å². The molecule has 0 amide bonds. The molecule has 0 atom stereocenters. The predicted octanol–water partition coefficient (Wildman–Crippen LogP) is 3.41. The third kappa shape index (κ3) is 2.24. The number of benzene rings is 1. The molecule has 0 aliphatic carbocycles. The number of ether oxygens (including phenoxy) is 1. The minimum atomic E-state index is 0.784. The van der Waals surface area contributed by atoms with Crippen LogP contribution in [0.2, 0.25) is 0 Å². The highest BCUT2D eigenvalue weighted by Crippen LogP contribution is 2.29. The number of hydrogen-bond donors (Lipinski definition) is 1. The van der Waals surface area contributed by atoms with Gasteiger partial charge < -0.3 is 10.1 Å². The van der Waals surface area contributed by atoms with E-state index in [9.17, 15) is 0 Å². The molecule has 4 nitrogen and oxygen atoms in total. The number of nitrogens with zero attached hydrogens (tertiary/aromatic N) is 2. The second-order valence-electron chi connectivity index (χ2n) is 4.04. The van der Waals surface area contributed by atoms with Gasteiger partial charge in [-0.3, -0.25) is 0 Å². The van der Waals surface area contributed by atoms with E-state index >= 15 is 0 Å². The molecular weight excluding hydrogens is 258 g/mol. The van der Waals surface area contributed by atoms with E-state index in [1.165, 1.54) is 0 Å². The fourth-order valence-electron chi connectivity index (χ4n) is 1.87. The van der Waals surface area contributed by atoms with Crippen LogP contribution in [0.3, 0.4) is 0 Å². The Morgan fingerprint density at radius 3 is 2.63 bits per heavy atom. The summed E-state index contributed by atoms with van der Waals surface area (Å²) >= 11 is 1.60. The highest BCUT2D eigenvalue weighted by atomic mass is 32.1. The first-order valence-electron chi connectivity index (χ1n) is 5.89. The minimum absolute atomic E-state index is 0.784. The van der Waals surface area contributed by atoms with Crippen LogP contribution < -0.4 is 10.1 Å². The lowest BCUT2D eigenvalue weighted by Crippen LogP contribution is -1.85. The van der Waals surface area contributed by atoms with Gasteiger partial charge >= 0.3 is 0 Å². The zero-order valence-electron chi connectivity index (χ0n) is 10.7. The lowest BCUT2D eigenvalue weighted by molar-refractivity contribution is 0.415. The van der Waals surface area contributed by atoms with Crippen LogP contribution in [-0.4, -0.2) is 24.1 Å². The fraction of sp³-hybridized carbons (Fsp3) is 0.143. The molecule has 0 unspecified atom stereocenters. The van der Waals surface area contributed by atoms with Gasteiger partial charge in [0.15, 0.2) is 10.8 Å². The molecule has 1 aromatic carbocycles. The lowest BCUT2D eigenvalue weighted by atomic mass is 10.1. The van der Waals surface area contributed by atoms with Crippen molar-refractivity contribution in [3.05, 3.63) is 36.5 Å². The molecule has 0 aliphatic heterocycles. The quantitative estimate of drug-likeness (QED) is 0.793. The van der Waals surface area contributed by atoms with Crippen molar-refractivity contribution < 1.29 is 4.74 Å². The van der Waals surface area contributed by atoms with E-state index < -0.39 is 0 Å². The summed E-state index contributed by atoms with van der Waals surface area (Å²) in [5, 5.41) is 3.93. The van der Waals surface area contributed by atoms with Crippen molar-refractivity contribution in [3.63, 3.8) is 0 Å². The van der Waals surface area contributed by atoms with E-state index in [-0.39, 0.29) is 0 Å². The Bertz CT molecular complexity index is 706. The van der Waals surface area contributed by atoms with Gasteiger partial charge in [-0.2, -0.15) is 0 Å². The number of thiazole rings is 1. The normalized spacial score (nSPS) is 10.6. The topological polar surface area (TPSA) is 47.0 Å². The summed E-state index contributed by atoms with van der Waals surface area (Å²) in [5.74, 6) is 0.855. The number of aromatic nitrogens is 2. The number of pyridine rings is 1. The molecule has 0 fully saturated rings. The van der Waals surface area contributed by atoms with Crippen LogP contribution in [0.1, 0.15) is 0 Å². The van der Waals surface area contributed by atoms with Crippen molar-refractivity contribution >= 4 is 26.8 Å². The highest BCUT2D eigenvalue weighted by Gasteiger charge is 2.06. The van der Waals surface area contributed by atoms with Gasteiger partial charge in [0.2, 0.25) is 0 Å². The zero-order valence-corrected chi connectivity index (χ0v) is 11.5. The van der Waals surface area contributed by atoms with E-state index in [0.29, 0.717) is 0 Å². The van der Waals surface area contributed by atoms with E-state index in [4.69, 9.17) is 4.74 Å². The molecule has 0 bridgehead atoms. The first-order chi connectivity index (χ1) is 9.30. The number of fused-ring (bicyclic) bond motifs is 1. The van der Waals surface area contributed by atoms with Crippen LogP contribution in [0, 0.1) is 0 Å². The van der Waals surface area contributed by atoms with Crippen LogP contribution in [0.25, 0.3) is 21.5 Å². The van der Waals surface area contributed by atoms with E-state index in [0.717, 1.165) is 32.4 Å². The van der Waals surface area contributed by atoms with Crippen LogP contribution in [0.5, 0.6) is 5.75 Å². The Balaban J connectivity index is 2.03. The zero-order chi connectivity index (χ0) is 13.2. The maximum absolute atomic E-state index is 5.16. The van der Waals surface area contributed by atoms with Gasteiger partial charge in [0.25, 0.3) is 0 Å². The average molecular weight is 271 g/mol. The molecule has 0 spiro atoms. The van der Waals surface area contributed by atoms with E-state index in [1.54, 1.807) is 18.4 Å². The summed E-state index contributed by atoms with van der Waals surface area (Å²) in [6.07, 6.45) is 1.85. The Morgan fingerprint density at radius 2 is 1.95 bits per heavy atom. The third-order valence-electron chi connectivity index (χ3n) is 2.88. The van der Waals surface area contributed by atoms with Crippen molar-refractivity contribution in [2.24, 2.45) is 0 Å². The molecule has 0 aliphatic rings. The molecule has 0 radical (unpaired) electrons. The maximum atomic E-state index is 5.16. The van der Waals surface area contributed by atoms with Gasteiger partial charge in [-0.05, 0) is 23.8 Å². The molecule has 0 saturated heterocycles. The first kappa shape index (κ1) is 11.9. The summed E-state index contributed by atoms with van der Waals surface area (Å²) in [6, 6.07) is 10.1. The molecule has 2 aromatic heterocycles. The van der Waals surface area contributed by atoms with Gasteiger partial charge in [-0.25, -0.2) is 9.97 Å². The molecule has 0 saturated carbocycles. The van der Waals surface area contributed by atoms with Crippen molar-refractivity contribution in [3.8, 4) is 16.9 Å². The Kier molecular flexibility index (Phi) is 3.05. The molecule has 2 heterocycles. The van der Waals surface area contributed by atoms with Gasteiger partial charge in [0.05, 0.1) is 11.8 Å². The number of methoxy groups -OCH3 is 1. The molecule has 1 N–H and O–H groups in total. The van der Waals surface area contributed by atoms with Crippen molar-refractivity contribution in [1.82, 2.24) is 9.97 Å². The average Bonchev–Trinajstić information content (AvgIpc) is 2.89. The summed E-state index contributed by atoms with van der Waals surface area (Å²) in [6.45, 7) is 0. The van der Waals surface area contributed by atoms with Crippen LogP contribution in [0.15, 0.2) is 36.5 Å². The third-order valence-corrected chi connectivity index (χ3v) is 3.89. The summed E-state index contributed by atoms with van der Waals surface area (Å²) in [7, 11) is 3.53. The standard InChI is InChI=1S/C14H13N3OS/c1-15-14-17-13-12(19-14)7-10(8-16-13)9-3-5-11(18-2)6-4-9/h3-8H,1-2H3,(H,15,16,17). The first-order valence-corrected chi connectivity index (χ1v) is 6.70. The largest absolute Gasteiger partial charge is 0.497 e. The summed E-state index contributed by atoms with van der Waals surface area (Å²) in [4.78, 5) is 8.77. The molecule has 3 rings (SSSR count). The second kappa shape index (κ2) is 4.85. The van der Waals surface area contributed by atoms with Gasteiger partial charge in [-0.1, -0.05) is 23.5 Å². The molecule has 19 heavy (non-hydrogen) atoms. The SMILES string of the molecule is CNc1nc2ncc(-c3ccc(OC)cc3)cc2s1. The fourth-order valence-corrected chi connectivity index (χ4v) is 2.69. The summed E-state index contributed by atoms with van der Waals surface area (Å²) in [5.41, 5.74) is 2.99. The maximum Gasteiger partial charge on any atom is 0.185 e. The number of rotatable bonds is 3. The van der Waals surface area contributed by atoms with Gasteiger partial charge in [0, 0.05) is 18.8 Å². The van der Waals surface area contributed by atoms with E-state index in [2.05, 4.69) is 21.4 Å². The van der Waals surface area contributed by atoms with Gasteiger partial charge in [-0.15, -0.1) is 0 Å². The monoisotopic (exact) mass is 271 g/mol. The Labute approximate surface area is 115 Å². The lowest BCUT2D eigenvalue weighted by Gasteiger charge is -2.03. The Hall–Kier alpha value is -2.14. The summed E-state index contributed by atoms with van der Waals surface area (Å²) < 4.78 is 6.24. The molecule has 96 valence electrons. The predicted molar refractivity (Wildman–Crippen MR) is 78.9 cm³/mol. The molecule has 5 heteroatoms. The minimum Gasteiger partial charge on any atom is -0.497 e. The smallest absolute Gasteiger partial charge is 0.185 e. The van der Waals surface area contributed by atoms with Crippen LogP contribution in [0.4, 0.5) is 5.13 Å². The molecule has 3 aromatic rings. The van der Waals surface area contributed by atoms with Crippen molar-refractivity contribution in [2.45, 2.75) is 0 Å². The van der Waals surface area contributed by atoms with Gasteiger partial charge in [0.1, 0.15) is 5.75 Å². The van der Waals surface area contributed by atoms with Crippen molar-refractivity contribution in [1.29, 1.82) is 0 Å². The second-order valence-corrected chi connectivity index (χ2v) is 5.07. The highest BCUT2D eigenvalue weighted by molar-refractivity contribution is 7.22. The Morgan fingerprint density at radius 1 is 1.16 bits per heavy atom. The number of hydrogen-bond acceptors (Lipinski definition) is 5. The number of nitrogens with one attached hydrogen (secondary N) is 1. The van der Waals surface area contributed by atoms with Crippen LogP contribution >= 0.6 is 11.3 Å². The molecular formula is C14H13N3OS. The van der Waals surface area contributed by atoms with E-state index in [1.807, 2.05) is 37.5 Å². The number of anilines is 1.